The van der Waals surface area contributed by atoms with Gasteiger partial charge in [0.2, 0.25) is 12.7 Å². The average Bonchev–Trinajstić information content (AvgIpc) is 3.14. The van der Waals surface area contributed by atoms with Crippen molar-refractivity contribution < 1.29 is 28.5 Å². The Morgan fingerprint density at radius 1 is 1.04 bits per heavy atom. The third-order valence-corrected chi connectivity index (χ3v) is 3.76. The largest absolute Gasteiger partial charge is 0.493 e. The van der Waals surface area contributed by atoms with Crippen molar-refractivity contribution in [3.63, 3.8) is 0 Å². The molecule has 0 unspecified atom stereocenters. The molecule has 0 aromatic heterocycles. The minimum absolute atomic E-state index is 0.134. The zero-order chi connectivity index (χ0) is 19.1. The molecule has 0 saturated carbocycles. The van der Waals surface area contributed by atoms with Crippen molar-refractivity contribution in [2.24, 2.45) is 0 Å². The SMILES string of the molecule is COc1ccccc1OCC(=O)NCCC(=O)Nc1ccc2c(c1)OCO2. The van der Waals surface area contributed by atoms with Crippen molar-refractivity contribution in [2.75, 3.05) is 32.4 Å². The van der Waals surface area contributed by atoms with Crippen LogP contribution in [0.3, 0.4) is 0 Å². The number of amides is 2. The van der Waals surface area contributed by atoms with Crippen LogP contribution < -0.4 is 29.6 Å². The number of fused-ring (bicyclic) bond motifs is 1. The number of carbonyl (C=O) groups excluding carboxylic acids is 2. The second kappa shape index (κ2) is 8.79. The molecule has 2 aromatic carbocycles. The van der Waals surface area contributed by atoms with E-state index in [1.54, 1.807) is 36.4 Å². The highest BCUT2D eigenvalue weighted by Crippen LogP contribution is 2.34. The molecular weight excluding hydrogens is 352 g/mol. The Morgan fingerprint density at radius 2 is 1.81 bits per heavy atom. The monoisotopic (exact) mass is 372 g/mol. The minimum atomic E-state index is -0.322. The Labute approximate surface area is 156 Å². The van der Waals surface area contributed by atoms with Gasteiger partial charge in [0.05, 0.1) is 7.11 Å². The van der Waals surface area contributed by atoms with Crippen LogP contribution in [-0.2, 0) is 9.59 Å². The van der Waals surface area contributed by atoms with E-state index in [9.17, 15) is 9.59 Å². The molecule has 0 saturated heterocycles. The van der Waals surface area contributed by atoms with Crippen LogP contribution in [-0.4, -0.2) is 38.9 Å². The molecule has 2 N–H and O–H groups in total. The molecule has 2 amide bonds. The van der Waals surface area contributed by atoms with E-state index in [0.717, 1.165) is 0 Å². The van der Waals surface area contributed by atoms with Crippen LogP contribution in [0.1, 0.15) is 6.42 Å². The zero-order valence-corrected chi connectivity index (χ0v) is 14.8. The van der Waals surface area contributed by atoms with Gasteiger partial charge in [-0.25, -0.2) is 0 Å². The van der Waals surface area contributed by atoms with Gasteiger partial charge in [0.25, 0.3) is 5.91 Å². The van der Waals surface area contributed by atoms with Crippen LogP contribution in [0.15, 0.2) is 42.5 Å². The average molecular weight is 372 g/mol. The Balaban J connectivity index is 1.37. The predicted molar refractivity (Wildman–Crippen MR) is 97.3 cm³/mol. The molecule has 1 aliphatic rings. The van der Waals surface area contributed by atoms with Crippen LogP contribution in [0.2, 0.25) is 0 Å². The van der Waals surface area contributed by atoms with Crippen LogP contribution in [0.4, 0.5) is 5.69 Å². The van der Waals surface area contributed by atoms with Crippen molar-refractivity contribution in [2.45, 2.75) is 6.42 Å². The summed E-state index contributed by atoms with van der Waals surface area (Å²) in [6, 6.07) is 12.2. The molecule has 0 bridgehead atoms. The summed E-state index contributed by atoms with van der Waals surface area (Å²) in [6.07, 6.45) is 0.134. The summed E-state index contributed by atoms with van der Waals surface area (Å²) < 4.78 is 21.0. The molecule has 8 nitrogen and oxygen atoms in total. The number of ether oxygens (including phenoxy) is 4. The molecule has 142 valence electrons. The first kappa shape index (κ1) is 18.4. The van der Waals surface area contributed by atoms with Crippen LogP contribution >= 0.6 is 0 Å². The van der Waals surface area contributed by atoms with Gasteiger partial charge in [0, 0.05) is 24.7 Å². The first-order valence-corrected chi connectivity index (χ1v) is 8.38. The fourth-order valence-electron chi connectivity index (χ4n) is 2.45. The van der Waals surface area contributed by atoms with Gasteiger partial charge < -0.3 is 29.6 Å². The Kier molecular flexibility index (Phi) is 5.98. The van der Waals surface area contributed by atoms with Gasteiger partial charge in [0.15, 0.2) is 29.6 Å². The lowest BCUT2D eigenvalue weighted by Gasteiger charge is -2.10. The number of hydrogen-bond donors (Lipinski definition) is 2. The summed E-state index contributed by atoms with van der Waals surface area (Å²) in [4.78, 5) is 23.8. The molecule has 8 heteroatoms. The maximum atomic E-state index is 12.0. The summed E-state index contributed by atoms with van der Waals surface area (Å²) in [7, 11) is 1.53. The molecule has 1 aliphatic heterocycles. The maximum absolute atomic E-state index is 12.0. The molecule has 1 heterocycles. The lowest BCUT2D eigenvalue weighted by atomic mass is 10.2. The zero-order valence-electron chi connectivity index (χ0n) is 14.8. The summed E-state index contributed by atoms with van der Waals surface area (Å²) in [6.45, 7) is 0.213. The van der Waals surface area contributed by atoms with Gasteiger partial charge in [-0.15, -0.1) is 0 Å². The van der Waals surface area contributed by atoms with Gasteiger partial charge in [-0.1, -0.05) is 12.1 Å². The van der Waals surface area contributed by atoms with E-state index < -0.39 is 0 Å². The Hall–Kier alpha value is -3.42. The van der Waals surface area contributed by atoms with Crippen LogP contribution in [0.5, 0.6) is 23.0 Å². The van der Waals surface area contributed by atoms with Gasteiger partial charge in [-0.2, -0.15) is 0 Å². The fourth-order valence-corrected chi connectivity index (χ4v) is 2.45. The normalized spacial score (nSPS) is 11.6. The number of hydrogen-bond acceptors (Lipinski definition) is 6. The quantitative estimate of drug-likeness (QED) is 0.735. The number of carbonyl (C=O) groups is 2. The summed E-state index contributed by atoms with van der Waals surface area (Å²) in [5, 5.41) is 5.38. The fraction of sp³-hybridized carbons (Fsp3) is 0.263. The van der Waals surface area contributed by atoms with E-state index in [1.807, 2.05) is 6.07 Å². The molecule has 0 aliphatic carbocycles. The highest BCUT2D eigenvalue weighted by Gasteiger charge is 2.14. The van der Waals surface area contributed by atoms with E-state index >= 15 is 0 Å². The van der Waals surface area contributed by atoms with Gasteiger partial charge in [0.1, 0.15) is 0 Å². The first-order chi connectivity index (χ1) is 13.2. The molecular formula is C19H20N2O6. The summed E-state index contributed by atoms with van der Waals surface area (Å²) in [5.74, 6) is 1.73. The highest BCUT2D eigenvalue weighted by molar-refractivity contribution is 5.91. The second-order valence-corrected chi connectivity index (χ2v) is 5.66. The second-order valence-electron chi connectivity index (χ2n) is 5.66. The van der Waals surface area contributed by atoms with Crippen molar-refractivity contribution in [1.29, 1.82) is 0 Å². The lowest BCUT2D eigenvalue weighted by molar-refractivity contribution is -0.123. The molecule has 27 heavy (non-hydrogen) atoms. The summed E-state index contributed by atoms with van der Waals surface area (Å²) in [5.41, 5.74) is 0.607. The number of nitrogens with one attached hydrogen (secondary N) is 2. The standard InChI is InChI=1S/C19H20N2O6/c1-24-14-4-2-3-5-15(14)25-11-19(23)20-9-8-18(22)21-13-6-7-16-17(10-13)27-12-26-16/h2-7,10H,8-9,11-12H2,1H3,(H,20,23)(H,21,22). The third kappa shape index (κ3) is 5.04. The Morgan fingerprint density at radius 3 is 2.63 bits per heavy atom. The molecule has 0 spiro atoms. The van der Waals surface area contributed by atoms with Gasteiger partial charge in [-0.3, -0.25) is 9.59 Å². The Bertz CT molecular complexity index is 824. The number of para-hydroxylation sites is 2. The third-order valence-electron chi connectivity index (χ3n) is 3.76. The minimum Gasteiger partial charge on any atom is -0.493 e. The van der Waals surface area contributed by atoms with Crippen molar-refractivity contribution in [1.82, 2.24) is 5.32 Å². The molecule has 0 radical (unpaired) electrons. The lowest BCUT2D eigenvalue weighted by Crippen LogP contribution is -2.31. The van der Waals surface area contributed by atoms with Crippen LogP contribution in [0, 0.1) is 0 Å². The van der Waals surface area contributed by atoms with Crippen LogP contribution in [0.25, 0.3) is 0 Å². The van der Waals surface area contributed by atoms with E-state index in [0.29, 0.717) is 28.7 Å². The van der Waals surface area contributed by atoms with Gasteiger partial charge in [-0.05, 0) is 24.3 Å². The van der Waals surface area contributed by atoms with Crippen molar-refractivity contribution >= 4 is 17.5 Å². The molecule has 0 fully saturated rings. The van der Waals surface area contributed by atoms with Gasteiger partial charge >= 0.3 is 0 Å². The van der Waals surface area contributed by atoms with E-state index in [2.05, 4.69) is 10.6 Å². The molecule has 0 atom stereocenters. The van der Waals surface area contributed by atoms with E-state index in [-0.39, 0.29) is 38.2 Å². The highest BCUT2D eigenvalue weighted by atomic mass is 16.7. The summed E-state index contributed by atoms with van der Waals surface area (Å²) >= 11 is 0. The number of rotatable bonds is 8. The first-order valence-electron chi connectivity index (χ1n) is 8.38. The predicted octanol–water partition coefficient (Wildman–Crippen LogP) is 1.95. The van der Waals surface area contributed by atoms with E-state index in [1.165, 1.54) is 7.11 Å². The van der Waals surface area contributed by atoms with E-state index in [4.69, 9.17) is 18.9 Å². The number of anilines is 1. The number of methoxy groups -OCH3 is 1. The topological polar surface area (TPSA) is 95.1 Å². The van der Waals surface area contributed by atoms with Crippen molar-refractivity contribution in [3.8, 4) is 23.0 Å². The molecule has 3 rings (SSSR count). The maximum Gasteiger partial charge on any atom is 0.257 e. The number of benzene rings is 2. The molecule has 2 aromatic rings. The smallest absolute Gasteiger partial charge is 0.257 e. The van der Waals surface area contributed by atoms with Crippen molar-refractivity contribution in [3.05, 3.63) is 42.5 Å².